The van der Waals surface area contributed by atoms with Crippen LogP contribution in [-0.2, 0) is 4.79 Å². The molecule has 1 aliphatic rings. The third-order valence-electron chi connectivity index (χ3n) is 3.12. The molecule has 1 atom stereocenters. The molecular formula is C11H18F3NO. The molecule has 1 aliphatic heterocycles. The SMILES string of the molecule is CCC(CCC(=O)N1CCCC1)C(F)(F)F. The molecule has 0 spiro atoms. The average Bonchev–Trinajstić information content (AvgIpc) is 2.68. The summed E-state index contributed by atoms with van der Waals surface area (Å²) < 4.78 is 37.3. The van der Waals surface area contributed by atoms with Gasteiger partial charge in [0.25, 0.3) is 0 Å². The zero-order valence-corrected chi connectivity index (χ0v) is 9.52. The fourth-order valence-corrected chi connectivity index (χ4v) is 2.02. The number of hydrogen-bond donors (Lipinski definition) is 0. The lowest BCUT2D eigenvalue weighted by molar-refractivity contribution is -0.177. The van der Waals surface area contributed by atoms with Crippen LogP contribution in [0.5, 0.6) is 0 Å². The predicted molar refractivity (Wildman–Crippen MR) is 54.9 cm³/mol. The van der Waals surface area contributed by atoms with E-state index in [0.717, 1.165) is 12.8 Å². The van der Waals surface area contributed by atoms with Gasteiger partial charge in [-0.1, -0.05) is 6.92 Å². The van der Waals surface area contributed by atoms with Crippen molar-refractivity contribution in [3.05, 3.63) is 0 Å². The molecule has 1 rings (SSSR count). The minimum Gasteiger partial charge on any atom is -0.343 e. The molecule has 16 heavy (non-hydrogen) atoms. The summed E-state index contributed by atoms with van der Waals surface area (Å²) in [6, 6.07) is 0. The van der Waals surface area contributed by atoms with Gasteiger partial charge in [-0.05, 0) is 25.7 Å². The fraction of sp³-hybridized carbons (Fsp3) is 0.909. The first kappa shape index (κ1) is 13.3. The van der Waals surface area contributed by atoms with Crippen LogP contribution < -0.4 is 0 Å². The summed E-state index contributed by atoms with van der Waals surface area (Å²) in [5, 5.41) is 0. The van der Waals surface area contributed by atoms with E-state index < -0.39 is 12.1 Å². The van der Waals surface area contributed by atoms with Crippen LogP contribution in [0.2, 0.25) is 0 Å². The van der Waals surface area contributed by atoms with E-state index in [4.69, 9.17) is 0 Å². The molecule has 0 aromatic heterocycles. The van der Waals surface area contributed by atoms with Gasteiger partial charge in [0.15, 0.2) is 0 Å². The maximum Gasteiger partial charge on any atom is 0.391 e. The molecule has 0 N–H and O–H groups in total. The molecule has 0 radical (unpaired) electrons. The second kappa shape index (κ2) is 5.55. The van der Waals surface area contributed by atoms with Gasteiger partial charge in [-0.2, -0.15) is 13.2 Å². The van der Waals surface area contributed by atoms with Crippen molar-refractivity contribution >= 4 is 5.91 Å². The number of likely N-dealkylation sites (tertiary alicyclic amines) is 1. The van der Waals surface area contributed by atoms with Crippen molar-refractivity contribution in [2.24, 2.45) is 5.92 Å². The monoisotopic (exact) mass is 237 g/mol. The molecule has 1 saturated heterocycles. The minimum atomic E-state index is -4.17. The van der Waals surface area contributed by atoms with Crippen LogP contribution in [0, 0.1) is 5.92 Å². The first-order valence-electron chi connectivity index (χ1n) is 5.79. The third-order valence-corrected chi connectivity index (χ3v) is 3.12. The Morgan fingerprint density at radius 2 is 1.88 bits per heavy atom. The van der Waals surface area contributed by atoms with Crippen LogP contribution in [0.25, 0.3) is 0 Å². The largest absolute Gasteiger partial charge is 0.391 e. The minimum absolute atomic E-state index is 0.0258. The normalized spacial score (nSPS) is 18.9. The summed E-state index contributed by atoms with van der Waals surface area (Å²) in [6.45, 7) is 2.93. The van der Waals surface area contributed by atoms with E-state index >= 15 is 0 Å². The zero-order chi connectivity index (χ0) is 12.2. The Labute approximate surface area is 93.8 Å². The number of hydrogen-bond acceptors (Lipinski definition) is 1. The molecule has 1 heterocycles. The van der Waals surface area contributed by atoms with E-state index in [0.29, 0.717) is 13.1 Å². The van der Waals surface area contributed by atoms with Gasteiger partial charge in [-0.3, -0.25) is 4.79 Å². The van der Waals surface area contributed by atoms with Crippen molar-refractivity contribution in [1.29, 1.82) is 0 Å². The highest BCUT2D eigenvalue weighted by Crippen LogP contribution is 2.32. The lowest BCUT2D eigenvalue weighted by Gasteiger charge is -2.20. The summed E-state index contributed by atoms with van der Waals surface area (Å²) in [7, 11) is 0. The highest BCUT2D eigenvalue weighted by molar-refractivity contribution is 5.76. The van der Waals surface area contributed by atoms with Crippen LogP contribution in [0.4, 0.5) is 13.2 Å². The van der Waals surface area contributed by atoms with Crippen molar-refractivity contribution < 1.29 is 18.0 Å². The summed E-state index contributed by atoms with van der Waals surface area (Å²) in [6.07, 6.45) is -2.21. The second-order valence-corrected chi connectivity index (χ2v) is 4.27. The van der Waals surface area contributed by atoms with Crippen LogP contribution >= 0.6 is 0 Å². The lowest BCUT2D eigenvalue weighted by atomic mass is 9.99. The molecule has 1 amide bonds. The Hall–Kier alpha value is -0.740. The van der Waals surface area contributed by atoms with Crippen LogP contribution in [-0.4, -0.2) is 30.1 Å². The van der Waals surface area contributed by atoms with Crippen molar-refractivity contribution in [3.8, 4) is 0 Å². The Kier molecular flexibility index (Phi) is 4.62. The maximum atomic E-state index is 12.4. The number of amides is 1. The van der Waals surface area contributed by atoms with Gasteiger partial charge in [0, 0.05) is 19.5 Å². The van der Waals surface area contributed by atoms with Crippen molar-refractivity contribution in [2.75, 3.05) is 13.1 Å². The number of halogens is 3. The van der Waals surface area contributed by atoms with Crippen molar-refractivity contribution in [1.82, 2.24) is 4.90 Å². The Morgan fingerprint density at radius 3 is 2.31 bits per heavy atom. The van der Waals surface area contributed by atoms with Gasteiger partial charge in [0.1, 0.15) is 0 Å². The summed E-state index contributed by atoms with van der Waals surface area (Å²) in [5.74, 6) is -1.46. The zero-order valence-electron chi connectivity index (χ0n) is 9.52. The predicted octanol–water partition coefficient (Wildman–Crippen LogP) is 2.98. The van der Waals surface area contributed by atoms with Gasteiger partial charge >= 0.3 is 6.18 Å². The smallest absolute Gasteiger partial charge is 0.343 e. The van der Waals surface area contributed by atoms with Crippen LogP contribution in [0.1, 0.15) is 39.0 Å². The molecule has 0 saturated carbocycles. The summed E-state index contributed by atoms with van der Waals surface area (Å²) in [4.78, 5) is 13.2. The molecule has 0 aliphatic carbocycles. The molecule has 1 unspecified atom stereocenters. The Bertz CT molecular complexity index is 234. The van der Waals surface area contributed by atoms with Gasteiger partial charge in [0.05, 0.1) is 5.92 Å². The van der Waals surface area contributed by atoms with E-state index in [2.05, 4.69) is 0 Å². The third kappa shape index (κ3) is 3.68. The van der Waals surface area contributed by atoms with E-state index in [1.807, 2.05) is 0 Å². The fourth-order valence-electron chi connectivity index (χ4n) is 2.02. The number of carbonyl (C=O) groups is 1. The molecule has 5 heteroatoms. The first-order chi connectivity index (χ1) is 7.45. The topological polar surface area (TPSA) is 20.3 Å². The van der Waals surface area contributed by atoms with Gasteiger partial charge in [0.2, 0.25) is 5.91 Å². The number of rotatable bonds is 4. The maximum absolute atomic E-state index is 12.4. The Morgan fingerprint density at radius 1 is 1.31 bits per heavy atom. The van der Waals surface area contributed by atoms with Gasteiger partial charge < -0.3 is 4.90 Å². The van der Waals surface area contributed by atoms with E-state index in [-0.39, 0.29) is 25.2 Å². The quantitative estimate of drug-likeness (QED) is 0.736. The lowest BCUT2D eigenvalue weighted by Crippen LogP contribution is -2.29. The number of carbonyl (C=O) groups excluding carboxylic acids is 1. The molecule has 1 fully saturated rings. The number of nitrogens with zero attached hydrogens (tertiary/aromatic N) is 1. The van der Waals surface area contributed by atoms with Crippen LogP contribution in [0.15, 0.2) is 0 Å². The first-order valence-corrected chi connectivity index (χ1v) is 5.79. The molecule has 0 aromatic carbocycles. The van der Waals surface area contributed by atoms with E-state index in [1.54, 1.807) is 4.90 Å². The molecule has 2 nitrogen and oxygen atoms in total. The summed E-state index contributed by atoms with van der Waals surface area (Å²) in [5.41, 5.74) is 0. The van der Waals surface area contributed by atoms with Crippen molar-refractivity contribution in [3.63, 3.8) is 0 Å². The average molecular weight is 237 g/mol. The van der Waals surface area contributed by atoms with E-state index in [9.17, 15) is 18.0 Å². The second-order valence-electron chi connectivity index (χ2n) is 4.27. The molecule has 0 bridgehead atoms. The summed E-state index contributed by atoms with van der Waals surface area (Å²) >= 11 is 0. The molecule has 94 valence electrons. The van der Waals surface area contributed by atoms with Gasteiger partial charge in [-0.25, -0.2) is 0 Å². The van der Waals surface area contributed by atoms with Crippen molar-refractivity contribution in [2.45, 2.75) is 45.2 Å². The molecule has 0 aromatic rings. The van der Waals surface area contributed by atoms with Crippen LogP contribution in [0.3, 0.4) is 0 Å². The highest BCUT2D eigenvalue weighted by atomic mass is 19.4. The number of alkyl halides is 3. The van der Waals surface area contributed by atoms with Gasteiger partial charge in [-0.15, -0.1) is 0 Å². The highest BCUT2D eigenvalue weighted by Gasteiger charge is 2.38. The van der Waals surface area contributed by atoms with E-state index in [1.165, 1.54) is 6.92 Å². The Balaban J connectivity index is 2.34. The molecular weight excluding hydrogens is 219 g/mol. The standard InChI is InChI=1S/C11H18F3NO/c1-2-9(11(12,13)14)5-6-10(16)15-7-3-4-8-15/h9H,2-8H2,1H3.